The van der Waals surface area contributed by atoms with Crippen molar-refractivity contribution in [2.24, 2.45) is 5.41 Å². The molecule has 1 aromatic heterocycles. The number of allylic oxidation sites excluding steroid dienone is 1. The van der Waals surface area contributed by atoms with Gasteiger partial charge in [-0.05, 0) is 138 Å². The number of likely N-dealkylation sites (tertiary alicyclic amines) is 1. The first kappa shape index (κ1) is 48.2. The van der Waals surface area contributed by atoms with Gasteiger partial charge in [0.2, 0.25) is 0 Å². The lowest BCUT2D eigenvalue weighted by Gasteiger charge is -2.42. The second-order valence-electron chi connectivity index (χ2n) is 18.1. The molecule has 3 aromatic carbocycles. The topological polar surface area (TPSA) is 128 Å². The van der Waals surface area contributed by atoms with E-state index >= 15 is 0 Å². The summed E-state index contributed by atoms with van der Waals surface area (Å²) < 4.78 is 98.6. The minimum Gasteiger partial charge on any atom is -0.381 e. The molecule has 1 aliphatic carbocycles. The fourth-order valence-electron chi connectivity index (χ4n) is 9.02. The van der Waals surface area contributed by atoms with E-state index in [0.29, 0.717) is 49.3 Å². The van der Waals surface area contributed by atoms with Crippen molar-refractivity contribution in [1.29, 1.82) is 0 Å². The molecule has 3 aliphatic rings. The van der Waals surface area contributed by atoms with Crippen LogP contribution in [0.1, 0.15) is 76.1 Å². The molecule has 2 N–H and O–H groups in total. The average molecular weight is 961 g/mol. The summed E-state index contributed by atoms with van der Waals surface area (Å²) in [5.74, 6) is 0.0151. The van der Waals surface area contributed by atoms with Crippen LogP contribution >= 0.6 is 23.4 Å². The van der Waals surface area contributed by atoms with Gasteiger partial charge in [-0.15, -0.1) is 11.8 Å². The predicted octanol–water partition coefficient (Wildman–Crippen LogP) is 9.58. The highest BCUT2D eigenvalue weighted by Gasteiger charge is 2.48. The first-order valence-corrected chi connectivity index (χ1v) is 25.8. The molecule has 7 rings (SSSR count). The normalized spacial score (nSPS) is 19.0. The summed E-state index contributed by atoms with van der Waals surface area (Å²) in [6.07, 6.45) is 7.33. The number of hydrogen-bond donors (Lipinski definition) is 2. The number of thioether (sulfide) groups is 1. The van der Waals surface area contributed by atoms with Crippen molar-refractivity contribution in [3.8, 4) is 0 Å². The number of sulfonamides is 1. The summed E-state index contributed by atoms with van der Waals surface area (Å²) in [6.45, 7) is 10.4. The number of rotatable bonds is 15. The van der Waals surface area contributed by atoms with Gasteiger partial charge in [0.25, 0.3) is 19.9 Å². The van der Waals surface area contributed by atoms with Gasteiger partial charge in [0.1, 0.15) is 17.0 Å². The molecule has 18 heteroatoms. The van der Waals surface area contributed by atoms with E-state index in [9.17, 15) is 30.0 Å². The molecule has 1 saturated heterocycles. The zero-order valence-electron chi connectivity index (χ0n) is 36.8. The van der Waals surface area contributed by atoms with E-state index in [2.05, 4.69) is 55.8 Å². The van der Waals surface area contributed by atoms with Crippen LogP contribution in [0.5, 0.6) is 0 Å². The molecule has 2 atom stereocenters. The fourth-order valence-corrected chi connectivity index (χ4v) is 12.5. The molecule has 0 bridgehead atoms. The number of benzene rings is 3. The molecule has 2 aliphatic heterocycles. The first-order valence-electron chi connectivity index (χ1n) is 21.6. The standard InChI is InChI=1S/C46H57ClF3N7O4S3/c1-31(25-43(55(4)5)62-36-9-7-6-8-10-36)53-40-16-15-37(26-42(40)63(58,59)46(48,49)50)64(60,61)54-44-39-20-24-57(29-41(39)51-30-52-44)35-18-22-56(23-19-35)28-33-27-45(2,3)21-17-38(33)32-11-13-34(47)14-12-32/h6-16,26,30-31,35,43,53H,17-25,27-29H2,1-5H3,(H,51,52,54). The number of fused-ring (bicyclic) bond motifs is 1. The maximum absolute atomic E-state index is 14.1. The van der Waals surface area contributed by atoms with Crippen LogP contribution < -0.4 is 10.0 Å². The molecule has 3 heterocycles. The van der Waals surface area contributed by atoms with Gasteiger partial charge in [-0.3, -0.25) is 19.4 Å². The van der Waals surface area contributed by atoms with E-state index in [0.717, 1.165) is 73.8 Å². The highest BCUT2D eigenvalue weighted by molar-refractivity contribution is 7.99. The molecule has 0 amide bonds. The summed E-state index contributed by atoms with van der Waals surface area (Å²) in [6, 6.07) is 20.3. The van der Waals surface area contributed by atoms with Gasteiger partial charge in [-0.1, -0.05) is 61.4 Å². The zero-order valence-corrected chi connectivity index (χ0v) is 40.0. The van der Waals surface area contributed by atoms with E-state index in [1.54, 1.807) is 18.7 Å². The van der Waals surface area contributed by atoms with E-state index in [1.807, 2.05) is 61.5 Å². The van der Waals surface area contributed by atoms with Crippen molar-refractivity contribution < 1.29 is 30.0 Å². The van der Waals surface area contributed by atoms with Crippen molar-refractivity contribution in [2.45, 2.75) is 110 Å². The van der Waals surface area contributed by atoms with Gasteiger partial charge in [0.05, 0.1) is 21.7 Å². The van der Waals surface area contributed by atoms with Crippen molar-refractivity contribution in [3.63, 3.8) is 0 Å². The van der Waals surface area contributed by atoms with Crippen molar-refractivity contribution in [2.75, 3.05) is 50.3 Å². The van der Waals surface area contributed by atoms with Gasteiger partial charge < -0.3 is 5.32 Å². The van der Waals surface area contributed by atoms with E-state index in [1.165, 1.54) is 23.0 Å². The van der Waals surface area contributed by atoms with Crippen molar-refractivity contribution in [1.82, 2.24) is 24.7 Å². The minimum atomic E-state index is -5.98. The number of hydrogen-bond acceptors (Lipinski definition) is 11. The van der Waals surface area contributed by atoms with E-state index in [-0.39, 0.29) is 22.3 Å². The van der Waals surface area contributed by atoms with Crippen LogP contribution in [0.25, 0.3) is 5.57 Å². The summed E-state index contributed by atoms with van der Waals surface area (Å²) in [5.41, 5.74) is -0.343. The zero-order chi connectivity index (χ0) is 46.0. The Bertz CT molecular complexity index is 2540. The average Bonchev–Trinajstić information content (AvgIpc) is 3.24. The van der Waals surface area contributed by atoms with Gasteiger partial charge in [0.15, 0.2) is 0 Å². The summed E-state index contributed by atoms with van der Waals surface area (Å²) in [5, 5.41) is 3.54. The van der Waals surface area contributed by atoms with Crippen LogP contribution in [0.2, 0.25) is 5.02 Å². The number of nitrogens with one attached hydrogen (secondary N) is 2. The van der Waals surface area contributed by atoms with E-state index < -0.39 is 41.2 Å². The molecule has 64 heavy (non-hydrogen) atoms. The summed E-state index contributed by atoms with van der Waals surface area (Å²) in [4.78, 5) is 14.8. The highest BCUT2D eigenvalue weighted by Crippen LogP contribution is 2.43. The maximum atomic E-state index is 14.1. The largest absolute Gasteiger partial charge is 0.501 e. The van der Waals surface area contributed by atoms with Gasteiger partial charge in [-0.25, -0.2) is 26.8 Å². The third kappa shape index (κ3) is 11.4. The van der Waals surface area contributed by atoms with Crippen molar-refractivity contribution >= 4 is 60.3 Å². The molecule has 0 radical (unpaired) electrons. The Labute approximate surface area is 385 Å². The number of alkyl halides is 3. The number of anilines is 2. The third-order valence-electron chi connectivity index (χ3n) is 12.5. The predicted molar refractivity (Wildman–Crippen MR) is 250 cm³/mol. The number of piperidine rings is 1. The van der Waals surface area contributed by atoms with E-state index in [4.69, 9.17) is 11.6 Å². The number of halogens is 4. The lowest BCUT2D eigenvalue weighted by atomic mass is 9.72. The third-order valence-corrected chi connectivity index (χ3v) is 17.1. The van der Waals surface area contributed by atoms with Gasteiger partial charge in [-0.2, -0.15) is 13.2 Å². The monoisotopic (exact) mass is 959 g/mol. The van der Waals surface area contributed by atoms with Crippen LogP contribution in [-0.4, -0.2) is 105 Å². The minimum absolute atomic E-state index is 0.0151. The fraction of sp³-hybridized carbons (Fsp3) is 0.478. The maximum Gasteiger partial charge on any atom is 0.501 e. The Morgan fingerprint density at radius 3 is 2.33 bits per heavy atom. The van der Waals surface area contributed by atoms with Crippen LogP contribution in [0, 0.1) is 5.41 Å². The number of aromatic nitrogens is 2. The Kier molecular flexibility index (Phi) is 14.8. The van der Waals surface area contributed by atoms with Crippen molar-refractivity contribution in [3.05, 3.63) is 107 Å². The molecular formula is C46H57ClF3N7O4S3. The number of nitrogens with zero attached hydrogens (tertiary/aromatic N) is 5. The SMILES string of the molecule is CC(CC(Sc1ccccc1)N(C)C)Nc1ccc(S(=O)(=O)Nc2ncnc3c2CCN(C2CCN(CC4=C(c5ccc(Cl)cc5)CCC(C)(C)C4)CC2)C3)cc1S(=O)(=O)C(F)(F)F. The molecular weight excluding hydrogens is 903 g/mol. The van der Waals surface area contributed by atoms with Gasteiger partial charge in [0, 0.05) is 47.2 Å². The highest BCUT2D eigenvalue weighted by atomic mass is 35.5. The molecule has 0 saturated carbocycles. The Balaban J connectivity index is 1.02. The second kappa shape index (κ2) is 19.6. The first-order chi connectivity index (χ1) is 30.2. The number of sulfone groups is 1. The Hall–Kier alpha value is -3.71. The summed E-state index contributed by atoms with van der Waals surface area (Å²) >= 11 is 7.77. The molecule has 2 unspecified atom stereocenters. The van der Waals surface area contributed by atoms with Crippen LogP contribution in [-0.2, 0) is 32.8 Å². The molecule has 0 spiro atoms. The summed E-state index contributed by atoms with van der Waals surface area (Å²) in [7, 11) is -6.82. The lowest BCUT2D eigenvalue weighted by Crippen LogP contribution is -2.47. The molecule has 346 valence electrons. The van der Waals surface area contributed by atoms with Crippen LogP contribution in [0.15, 0.2) is 99.4 Å². The smallest absolute Gasteiger partial charge is 0.381 e. The van der Waals surface area contributed by atoms with Crippen LogP contribution in [0.4, 0.5) is 24.7 Å². The molecule has 11 nitrogen and oxygen atoms in total. The Morgan fingerprint density at radius 2 is 1.66 bits per heavy atom. The molecule has 1 fully saturated rings. The van der Waals surface area contributed by atoms with Gasteiger partial charge >= 0.3 is 5.51 Å². The molecule has 4 aromatic rings. The Morgan fingerprint density at radius 1 is 0.953 bits per heavy atom. The second-order valence-corrected chi connectivity index (χ2v) is 23.4. The van der Waals surface area contributed by atoms with Crippen LogP contribution in [0.3, 0.4) is 0 Å². The quantitative estimate of drug-likeness (QED) is 0.0874. The lowest BCUT2D eigenvalue weighted by molar-refractivity contribution is -0.0435.